The number of rotatable bonds is 3. The van der Waals surface area contributed by atoms with E-state index in [0.717, 1.165) is 13.0 Å². The third-order valence-electron chi connectivity index (χ3n) is 6.70. The molecule has 0 aliphatic heterocycles. The predicted molar refractivity (Wildman–Crippen MR) is 113 cm³/mol. The summed E-state index contributed by atoms with van der Waals surface area (Å²) in [6, 6.07) is 0. The molecule has 2 nitrogen and oxygen atoms in total. The smallest absolute Gasteiger partial charge is 0.191 e. The molecule has 2 rings (SSSR count). The Balaban J connectivity index is 2.25. The van der Waals surface area contributed by atoms with Crippen LogP contribution >= 0.6 is 31.9 Å². The van der Waals surface area contributed by atoms with Gasteiger partial charge in [-0.2, -0.15) is 0 Å². The molecule has 0 radical (unpaired) electrons. The number of aliphatic hydroxyl groups excluding tert-OH is 1. The number of aliphatic hydroxyl groups is 1. The van der Waals surface area contributed by atoms with E-state index < -0.39 is 8.32 Å². The van der Waals surface area contributed by atoms with E-state index in [-0.39, 0.29) is 21.4 Å². The first kappa shape index (κ1) is 21.1. The molecule has 2 unspecified atom stereocenters. The molecule has 1 N–H and O–H groups in total. The summed E-state index contributed by atoms with van der Waals surface area (Å²) in [7, 11) is -1.78. The zero-order valence-corrected chi connectivity index (χ0v) is 20.3. The van der Waals surface area contributed by atoms with E-state index in [1.54, 1.807) is 0 Å². The molecule has 24 heavy (non-hydrogen) atoms. The summed E-state index contributed by atoms with van der Waals surface area (Å²) >= 11 is 7.92. The lowest BCUT2D eigenvalue weighted by Crippen LogP contribution is -2.59. The van der Waals surface area contributed by atoms with Gasteiger partial charge < -0.3 is 9.53 Å². The van der Waals surface area contributed by atoms with Crippen LogP contribution in [-0.2, 0) is 4.43 Å². The fourth-order valence-corrected chi connectivity index (χ4v) is 6.89. The van der Waals surface area contributed by atoms with Gasteiger partial charge in [0, 0.05) is 17.4 Å². The van der Waals surface area contributed by atoms with Gasteiger partial charge in [0.2, 0.25) is 0 Å². The number of fused-ring (bicyclic) bond motifs is 1. The monoisotopic (exact) mass is 480 g/mol. The van der Waals surface area contributed by atoms with Crippen LogP contribution in [0.1, 0.15) is 41.0 Å². The highest BCUT2D eigenvalue weighted by Crippen LogP contribution is 2.54. The highest BCUT2D eigenvalue weighted by atomic mass is 79.9. The molecule has 0 aromatic carbocycles. The van der Waals surface area contributed by atoms with Gasteiger partial charge in [-0.25, -0.2) is 0 Å². The van der Waals surface area contributed by atoms with Crippen LogP contribution in [0.2, 0.25) is 18.1 Å². The van der Waals surface area contributed by atoms with Crippen molar-refractivity contribution >= 4 is 40.2 Å². The minimum Gasteiger partial charge on any atom is -0.417 e. The van der Waals surface area contributed by atoms with Crippen LogP contribution in [0.25, 0.3) is 0 Å². The second-order valence-electron chi connectivity index (χ2n) is 9.49. The van der Waals surface area contributed by atoms with Crippen LogP contribution in [0, 0.1) is 23.7 Å². The van der Waals surface area contributed by atoms with E-state index in [1.807, 2.05) is 0 Å². The number of allylic oxidation sites excluding steroid dienone is 2. The summed E-state index contributed by atoms with van der Waals surface area (Å²) < 4.78 is 6.38. The van der Waals surface area contributed by atoms with Crippen molar-refractivity contribution in [1.29, 1.82) is 0 Å². The normalized spacial score (nSPS) is 43.6. The molecule has 0 heterocycles. The van der Waals surface area contributed by atoms with Crippen molar-refractivity contribution in [2.45, 2.75) is 74.4 Å². The molecule has 5 heteroatoms. The van der Waals surface area contributed by atoms with Gasteiger partial charge in [0.05, 0.1) is 10.4 Å². The lowest BCUT2D eigenvalue weighted by molar-refractivity contribution is -0.0177. The highest BCUT2D eigenvalue weighted by molar-refractivity contribution is 9.12. The Morgan fingerprint density at radius 3 is 2.42 bits per heavy atom. The van der Waals surface area contributed by atoms with Crippen molar-refractivity contribution in [2.24, 2.45) is 23.7 Å². The first-order valence-electron chi connectivity index (χ1n) is 9.15. The molecular formula is C19H34Br2O2Si. The van der Waals surface area contributed by atoms with Gasteiger partial charge in [0.1, 0.15) is 0 Å². The average Bonchev–Trinajstić information content (AvgIpc) is 2.44. The summed E-state index contributed by atoms with van der Waals surface area (Å²) in [5.74, 6) is 1.39. The molecule has 0 bridgehead atoms. The maximum absolute atomic E-state index is 10.9. The molecule has 140 valence electrons. The minimum absolute atomic E-state index is 0.182. The Labute approximate surface area is 166 Å². The molecule has 0 aromatic heterocycles. The third kappa shape index (κ3) is 3.76. The van der Waals surface area contributed by atoms with Gasteiger partial charge in [-0.15, -0.1) is 0 Å². The molecular weight excluding hydrogens is 448 g/mol. The maximum atomic E-state index is 10.9. The van der Waals surface area contributed by atoms with Crippen LogP contribution in [0.3, 0.4) is 0 Å². The van der Waals surface area contributed by atoms with Crippen LogP contribution in [0.5, 0.6) is 0 Å². The van der Waals surface area contributed by atoms with Crippen molar-refractivity contribution < 1.29 is 9.53 Å². The molecule has 0 spiro atoms. The molecule has 7 atom stereocenters. The van der Waals surface area contributed by atoms with Gasteiger partial charge >= 0.3 is 0 Å². The third-order valence-corrected chi connectivity index (χ3v) is 14.8. The molecule has 0 amide bonds. The predicted octanol–water partition coefficient (Wildman–Crippen LogP) is 5.74. The maximum Gasteiger partial charge on any atom is 0.191 e. The van der Waals surface area contributed by atoms with Crippen LogP contribution in [0.15, 0.2) is 12.2 Å². The Morgan fingerprint density at radius 2 is 1.88 bits per heavy atom. The fraction of sp³-hybridized carbons (Fsp3) is 0.895. The van der Waals surface area contributed by atoms with Crippen LogP contribution in [-0.4, -0.2) is 35.3 Å². The molecule has 0 aromatic rings. The van der Waals surface area contributed by atoms with Gasteiger partial charge in [-0.3, -0.25) is 0 Å². The van der Waals surface area contributed by atoms with E-state index in [9.17, 15) is 5.11 Å². The zero-order chi connectivity index (χ0) is 18.5. The van der Waals surface area contributed by atoms with Gasteiger partial charge in [-0.05, 0) is 42.3 Å². The Kier molecular flexibility index (Phi) is 6.26. The lowest BCUT2D eigenvalue weighted by Gasteiger charge is -2.54. The van der Waals surface area contributed by atoms with Crippen molar-refractivity contribution in [2.75, 3.05) is 6.61 Å². The van der Waals surface area contributed by atoms with E-state index in [1.165, 1.54) is 0 Å². The first-order chi connectivity index (χ1) is 10.8. The Morgan fingerprint density at radius 1 is 1.29 bits per heavy atom. The average molecular weight is 482 g/mol. The standard InChI is InChI=1S/C19H34Br2O2Si/c1-12-8-9-19(21)16(15(22)10-13(2)17(19)20)14(12)11-23-24(6,7)18(3,4)5/h8-9,12-17,22H,10-11H2,1-7H3/t12-,13-,14-,15-,16-,17?,19?/m0/s1. The number of hydrogen-bond acceptors (Lipinski definition) is 2. The SMILES string of the molecule is C[C@H]1C[C@H](O)[C@@H]2[C@@H](CO[Si](C)(C)C(C)(C)C)[C@@H](C)C=CC2(Br)C1Br. The summed E-state index contributed by atoms with van der Waals surface area (Å²) in [6.07, 6.45) is 5.16. The van der Waals surface area contributed by atoms with E-state index in [0.29, 0.717) is 22.6 Å². The van der Waals surface area contributed by atoms with Gasteiger partial charge in [-0.1, -0.05) is 78.6 Å². The van der Waals surface area contributed by atoms with Crippen molar-refractivity contribution in [3.05, 3.63) is 12.2 Å². The van der Waals surface area contributed by atoms with Crippen molar-refractivity contribution in [3.8, 4) is 0 Å². The molecule has 2 aliphatic carbocycles. The molecule has 1 saturated carbocycles. The topological polar surface area (TPSA) is 29.5 Å². The number of halogens is 2. The second kappa shape index (κ2) is 7.10. The highest BCUT2D eigenvalue weighted by Gasteiger charge is 2.55. The summed E-state index contributed by atoms with van der Waals surface area (Å²) in [5.41, 5.74) is 0. The van der Waals surface area contributed by atoms with Crippen molar-refractivity contribution in [3.63, 3.8) is 0 Å². The minimum atomic E-state index is -1.78. The number of hydrogen-bond donors (Lipinski definition) is 1. The zero-order valence-electron chi connectivity index (χ0n) is 16.1. The largest absolute Gasteiger partial charge is 0.417 e. The summed E-state index contributed by atoms with van der Waals surface area (Å²) in [4.78, 5) is 0.331. The first-order valence-corrected chi connectivity index (χ1v) is 13.8. The fourth-order valence-electron chi connectivity index (χ4n) is 3.92. The quantitative estimate of drug-likeness (QED) is 0.316. The van der Waals surface area contributed by atoms with E-state index in [2.05, 4.69) is 91.7 Å². The Hall–Kier alpha value is 0.837. The lowest BCUT2D eigenvalue weighted by atomic mass is 9.62. The van der Waals surface area contributed by atoms with E-state index >= 15 is 0 Å². The van der Waals surface area contributed by atoms with Crippen molar-refractivity contribution in [1.82, 2.24) is 0 Å². The van der Waals surface area contributed by atoms with Crippen LogP contribution < -0.4 is 0 Å². The number of alkyl halides is 2. The Bertz CT molecular complexity index is 488. The molecule has 0 saturated heterocycles. The van der Waals surface area contributed by atoms with Gasteiger partial charge in [0.15, 0.2) is 8.32 Å². The van der Waals surface area contributed by atoms with E-state index in [4.69, 9.17) is 4.43 Å². The van der Waals surface area contributed by atoms with Crippen LogP contribution in [0.4, 0.5) is 0 Å². The van der Waals surface area contributed by atoms with Gasteiger partial charge in [0.25, 0.3) is 0 Å². The summed E-state index contributed by atoms with van der Waals surface area (Å²) in [6.45, 7) is 16.7. The molecule has 2 aliphatic rings. The summed E-state index contributed by atoms with van der Waals surface area (Å²) in [5, 5.41) is 11.1. The molecule has 1 fully saturated rings. The second-order valence-corrected chi connectivity index (χ2v) is 16.7.